The summed E-state index contributed by atoms with van der Waals surface area (Å²) in [6.07, 6.45) is 0.282. The number of aromatic nitrogens is 2. The van der Waals surface area contributed by atoms with Crippen molar-refractivity contribution in [2.45, 2.75) is 38.8 Å². The first kappa shape index (κ1) is 22.0. The highest BCUT2D eigenvalue weighted by Crippen LogP contribution is 2.15. The number of rotatable bonds is 8. The zero-order chi connectivity index (χ0) is 22.5. The molecule has 0 aliphatic heterocycles. The molecule has 3 rings (SSSR count). The summed E-state index contributed by atoms with van der Waals surface area (Å²) < 4.78 is 0.874. The van der Waals surface area contributed by atoms with Crippen LogP contribution in [0.3, 0.4) is 0 Å². The number of para-hydroxylation sites is 1. The molecule has 3 aromatic rings. The third kappa shape index (κ3) is 5.09. The highest BCUT2D eigenvalue weighted by molar-refractivity contribution is 5.86. The first-order valence-corrected chi connectivity index (χ1v) is 10.1. The molecule has 1 amide bonds. The van der Waals surface area contributed by atoms with E-state index in [1.165, 1.54) is 0 Å². The molecule has 0 aliphatic rings. The van der Waals surface area contributed by atoms with E-state index in [9.17, 15) is 24.3 Å². The van der Waals surface area contributed by atoms with Crippen LogP contribution < -0.4 is 16.6 Å². The van der Waals surface area contributed by atoms with Crippen LogP contribution in [0.4, 0.5) is 0 Å². The number of benzene rings is 2. The minimum absolute atomic E-state index is 0.0285. The van der Waals surface area contributed by atoms with Crippen molar-refractivity contribution < 1.29 is 14.7 Å². The van der Waals surface area contributed by atoms with Gasteiger partial charge in [0.15, 0.2) is 0 Å². The van der Waals surface area contributed by atoms with Gasteiger partial charge in [0, 0.05) is 6.42 Å². The smallest absolute Gasteiger partial charge is 0.329 e. The van der Waals surface area contributed by atoms with Gasteiger partial charge in [-0.05, 0) is 30.0 Å². The zero-order valence-electron chi connectivity index (χ0n) is 17.4. The lowest BCUT2D eigenvalue weighted by Gasteiger charge is -2.23. The molecule has 3 N–H and O–H groups in total. The number of hydrogen-bond acceptors (Lipinski definition) is 4. The number of amides is 1. The average Bonchev–Trinajstić information content (AvgIpc) is 2.72. The van der Waals surface area contributed by atoms with Crippen molar-refractivity contribution in [2.24, 2.45) is 5.92 Å². The second-order valence-electron chi connectivity index (χ2n) is 7.89. The minimum Gasteiger partial charge on any atom is -0.480 e. The fourth-order valence-corrected chi connectivity index (χ4v) is 3.56. The molecule has 162 valence electrons. The fourth-order valence-electron chi connectivity index (χ4n) is 3.56. The van der Waals surface area contributed by atoms with Crippen molar-refractivity contribution in [3.63, 3.8) is 0 Å². The Labute approximate surface area is 178 Å². The Balaban J connectivity index is 2.08. The molecule has 0 aliphatic carbocycles. The molecule has 1 aromatic heterocycles. The molecule has 0 saturated carbocycles. The average molecular weight is 423 g/mol. The van der Waals surface area contributed by atoms with Gasteiger partial charge in [0.05, 0.1) is 10.9 Å². The Hall–Kier alpha value is -3.68. The van der Waals surface area contributed by atoms with E-state index in [-0.39, 0.29) is 24.1 Å². The highest BCUT2D eigenvalue weighted by Gasteiger charge is 2.29. The number of carbonyl (C=O) groups excluding carboxylic acids is 1. The third-order valence-electron chi connectivity index (χ3n) is 5.04. The SMILES string of the molecule is CC(C)C[C@@H](NC(=O)[C@@H](Cc1ccccc1)n1c(=O)[nH]c2ccccc2c1=O)C(=O)O. The molecule has 2 atom stereocenters. The van der Waals surface area contributed by atoms with Gasteiger partial charge in [0.1, 0.15) is 12.1 Å². The van der Waals surface area contributed by atoms with Crippen molar-refractivity contribution in [1.29, 1.82) is 0 Å². The van der Waals surface area contributed by atoms with Gasteiger partial charge in [-0.1, -0.05) is 56.3 Å². The molecular weight excluding hydrogens is 398 g/mol. The van der Waals surface area contributed by atoms with Crippen LogP contribution in [0.2, 0.25) is 0 Å². The number of carbonyl (C=O) groups is 2. The Kier molecular flexibility index (Phi) is 6.69. The molecule has 1 heterocycles. The number of nitrogens with one attached hydrogen (secondary N) is 2. The number of aromatic amines is 1. The Morgan fingerprint density at radius 3 is 2.32 bits per heavy atom. The summed E-state index contributed by atoms with van der Waals surface area (Å²) in [5.74, 6) is -1.83. The van der Waals surface area contributed by atoms with Crippen LogP contribution in [0.15, 0.2) is 64.2 Å². The van der Waals surface area contributed by atoms with Gasteiger partial charge in [-0.15, -0.1) is 0 Å². The van der Waals surface area contributed by atoms with Crippen LogP contribution in [0, 0.1) is 5.92 Å². The summed E-state index contributed by atoms with van der Waals surface area (Å²) in [6, 6.07) is 13.2. The van der Waals surface area contributed by atoms with Crippen LogP contribution in [0.1, 0.15) is 31.9 Å². The Morgan fingerprint density at radius 2 is 1.68 bits per heavy atom. The Bertz CT molecular complexity index is 1200. The number of fused-ring (bicyclic) bond motifs is 1. The molecule has 0 spiro atoms. The highest BCUT2D eigenvalue weighted by atomic mass is 16.4. The fraction of sp³-hybridized carbons (Fsp3) is 0.304. The normalized spacial score (nSPS) is 13.1. The molecule has 8 heteroatoms. The summed E-state index contributed by atoms with van der Waals surface area (Å²) in [5.41, 5.74) is -0.227. The first-order chi connectivity index (χ1) is 14.8. The van der Waals surface area contributed by atoms with Crippen LogP contribution in [0.25, 0.3) is 10.9 Å². The van der Waals surface area contributed by atoms with Crippen molar-refractivity contribution in [2.75, 3.05) is 0 Å². The van der Waals surface area contributed by atoms with Crippen LogP contribution >= 0.6 is 0 Å². The lowest BCUT2D eigenvalue weighted by molar-refractivity contribution is -0.142. The minimum atomic E-state index is -1.21. The number of nitrogens with zero attached hydrogens (tertiary/aromatic N) is 1. The Morgan fingerprint density at radius 1 is 1.03 bits per heavy atom. The summed E-state index contributed by atoms with van der Waals surface area (Å²) in [6.45, 7) is 3.70. The van der Waals surface area contributed by atoms with E-state index in [0.29, 0.717) is 5.52 Å². The number of carboxylic acids is 1. The third-order valence-corrected chi connectivity index (χ3v) is 5.04. The summed E-state index contributed by atoms with van der Waals surface area (Å²) in [5, 5.41) is 12.3. The molecule has 0 fully saturated rings. The van der Waals surface area contributed by atoms with E-state index in [4.69, 9.17) is 0 Å². The van der Waals surface area contributed by atoms with E-state index in [0.717, 1.165) is 10.1 Å². The van der Waals surface area contributed by atoms with Crippen molar-refractivity contribution in [1.82, 2.24) is 14.9 Å². The van der Waals surface area contributed by atoms with Gasteiger partial charge >= 0.3 is 11.7 Å². The van der Waals surface area contributed by atoms with E-state index in [1.807, 2.05) is 19.9 Å². The summed E-state index contributed by atoms with van der Waals surface area (Å²) in [7, 11) is 0. The number of hydrogen-bond donors (Lipinski definition) is 3. The monoisotopic (exact) mass is 423 g/mol. The summed E-state index contributed by atoms with van der Waals surface area (Å²) in [4.78, 5) is 53.4. The number of H-pyrrole nitrogens is 1. The molecular formula is C23H25N3O5. The van der Waals surface area contributed by atoms with Crippen LogP contribution in [-0.2, 0) is 16.0 Å². The van der Waals surface area contributed by atoms with Crippen molar-refractivity contribution in [3.8, 4) is 0 Å². The van der Waals surface area contributed by atoms with Gasteiger partial charge in [0.25, 0.3) is 5.56 Å². The van der Waals surface area contributed by atoms with Crippen molar-refractivity contribution >= 4 is 22.8 Å². The summed E-state index contributed by atoms with van der Waals surface area (Å²) >= 11 is 0. The molecule has 31 heavy (non-hydrogen) atoms. The van der Waals surface area contributed by atoms with E-state index in [2.05, 4.69) is 10.3 Å². The standard InChI is InChI=1S/C23H25N3O5/c1-14(2)12-18(22(29)30)24-20(27)19(13-15-8-4-3-5-9-15)26-21(28)16-10-6-7-11-17(16)25-23(26)31/h3-11,14,18-19H,12-13H2,1-2H3,(H,24,27)(H,25,31)(H,29,30)/t18-,19-/m1/s1. The lowest BCUT2D eigenvalue weighted by Crippen LogP contribution is -2.49. The lowest BCUT2D eigenvalue weighted by atomic mass is 10.0. The van der Waals surface area contributed by atoms with Crippen molar-refractivity contribution in [3.05, 3.63) is 81.0 Å². The molecule has 0 saturated heterocycles. The topological polar surface area (TPSA) is 121 Å². The maximum absolute atomic E-state index is 13.2. The van der Waals surface area contributed by atoms with E-state index >= 15 is 0 Å². The van der Waals surface area contributed by atoms with Gasteiger partial charge in [-0.2, -0.15) is 0 Å². The quantitative estimate of drug-likeness (QED) is 0.512. The maximum Gasteiger partial charge on any atom is 0.329 e. The number of carboxylic acid groups (broad SMARTS) is 1. The van der Waals surface area contributed by atoms with Gasteiger partial charge in [0.2, 0.25) is 5.91 Å². The van der Waals surface area contributed by atoms with Gasteiger partial charge < -0.3 is 15.4 Å². The molecule has 0 radical (unpaired) electrons. The van der Waals surface area contributed by atoms with Gasteiger partial charge in [-0.25, -0.2) is 14.2 Å². The molecule has 0 unspecified atom stereocenters. The van der Waals surface area contributed by atoms with E-state index < -0.39 is 35.2 Å². The molecule has 8 nitrogen and oxygen atoms in total. The molecule has 0 bridgehead atoms. The molecule has 2 aromatic carbocycles. The predicted octanol–water partition coefficient (Wildman–Crippen LogP) is 2.09. The second-order valence-corrected chi connectivity index (χ2v) is 7.89. The van der Waals surface area contributed by atoms with Crippen LogP contribution in [0.5, 0.6) is 0 Å². The van der Waals surface area contributed by atoms with Gasteiger partial charge in [-0.3, -0.25) is 9.59 Å². The van der Waals surface area contributed by atoms with E-state index in [1.54, 1.807) is 48.5 Å². The zero-order valence-corrected chi connectivity index (χ0v) is 17.4. The maximum atomic E-state index is 13.2. The largest absolute Gasteiger partial charge is 0.480 e. The second kappa shape index (κ2) is 9.42. The predicted molar refractivity (Wildman–Crippen MR) is 117 cm³/mol. The van der Waals surface area contributed by atoms with Crippen LogP contribution in [-0.4, -0.2) is 32.6 Å². The first-order valence-electron chi connectivity index (χ1n) is 10.1. The number of aliphatic carboxylic acids is 1.